The number of aryl methyl sites for hydroxylation is 1. The van der Waals surface area contributed by atoms with Crippen LogP contribution in [0.2, 0.25) is 5.02 Å². The van der Waals surface area contributed by atoms with Crippen LogP contribution in [-0.4, -0.2) is 10.5 Å². The summed E-state index contributed by atoms with van der Waals surface area (Å²) < 4.78 is 2.27. The molecule has 0 bridgehead atoms. The lowest BCUT2D eigenvalue weighted by molar-refractivity contribution is 0.100. The summed E-state index contributed by atoms with van der Waals surface area (Å²) in [5.41, 5.74) is 13.0. The number of nitrogens with zero attached hydrogens (tertiary/aromatic N) is 1. The zero-order valence-electron chi connectivity index (χ0n) is 17.1. The Labute approximate surface area is 185 Å². The van der Waals surface area contributed by atoms with Gasteiger partial charge in [-0.05, 0) is 53.9 Å². The van der Waals surface area contributed by atoms with Crippen molar-refractivity contribution in [3.63, 3.8) is 0 Å². The molecule has 0 saturated heterocycles. The fraction of sp³-hybridized carbons (Fsp3) is 0.0741. The molecule has 4 aromatic carbocycles. The van der Waals surface area contributed by atoms with Crippen molar-refractivity contribution in [3.05, 3.63) is 107 Å². The predicted octanol–water partition coefficient (Wildman–Crippen LogP) is 6.57. The molecular formula is C27H21ClN2O. The number of halogens is 1. The lowest BCUT2D eigenvalue weighted by Gasteiger charge is -2.10. The maximum atomic E-state index is 12.2. The minimum Gasteiger partial charge on any atom is -0.366 e. The topological polar surface area (TPSA) is 48.0 Å². The molecule has 3 nitrogen and oxygen atoms in total. The maximum absolute atomic E-state index is 12.2. The van der Waals surface area contributed by atoms with Crippen molar-refractivity contribution in [1.29, 1.82) is 0 Å². The van der Waals surface area contributed by atoms with Crippen molar-refractivity contribution in [2.75, 3.05) is 0 Å². The van der Waals surface area contributed by atoms with Crippen LogP contribution in [0.1, 0.15) is 21.5 Å². The van der Waals surface area contributed by atoms with Gasteiger partial charge in [0.05, 0.1) is 11.0 Å². The first-order valence-electron chi connectivity index (χ1n) is 10.2. The third-order valence-electron chi connectivity index (χ3n) is 5.80. The number of hydrogen-bond donors (Lipinski definition) is 1. The van der Waals surface area contributed by atoms with E-state index in [2.05, 4.69) is 60.0 Å². The number of rotatable bonds is 4. The molecule has 152 valence electrons. The number of aromatic nitrogens is 1. The van der Waals surface area contributed by atoms with E-state index in [1.165, 1.54) is 11.1 Å². The summed E-state index contributed by atoms with van der Waals surface area (Å²) in [6.45, 7) is 2.79. The third kappa shape index (κ3) is 3.47. The first-order valence-corrected chi connectivity index (χ1v) is 10.6. The monoisotopic (exact) mass is 424 g/mol. The van der Waals surface area contributed by atoms with E-state index < -0.39 is 5.91 Å². The zero-order chi connectivity index (χ0) is 21.5. The Morgan fingerprint density at radius 2 is 1.58 bits per heavy atom. The second-order valence-electron chi connectivity index (χ2n) is 7.87. The molecule has 0 saturated carbocycles. The molecule has 0 fully saturated rings. The van der Waals surface area contributed by atoms with Gasteiger partial charge in [-0.1, -0.05) is 71.8 Å². The molecule has 1 amide bonds. The highest BCUT2D eigenvalue weighted by Gasteiger charge is 2.17. The van der Waals surface area contributed by atoms with Gasteiger partial charge in [0.15, 0.2) is 0 Å². The molecule has 5 aromatic rings. The van der Waals surface area contributed by atoms with E-state index in [1.807, 2.05) is 30.3 Å². The molecule has 1 aromatic heterocycles. The van der Waals surface area contributed by atoms with E-state index in [4.69, 9.17) is 17.3 Å². The minimum absolute atomic E-state index is 0.415. The molecule has 0 aliphatic carbocycles. The molecule has 0 aliphatic rings. The van der Waals surface area contributed by atoms with Crippen LogP contribution in [-0.2, 0) is 6.54 Å². The van der Waals surface area contributed by atoms with Crippen molar-refractivity contribution in [2.45, 2.75) is 13.5 Å². The Kier molecular flexibility index (Phi) is 4.76. The van der Waals surface area contributed by atoms with E-state index in [0.29, 0.717) is 17.1 Å². The van der Waals surface area contributed by atoms with Crippen molar-refractivity contribution in [3.8, 4) is 11.1 Å². The Hall–Kier alpha value is -3.56. The number of nitrogens with two attached hydrogens (primary N) is 1. The van der Waals surface area contributed by atoms with E-state index in [9.17, 15) is 4.79 Å². The predicted molar refractivity (Wildman–Crippen MR) is 129 cm³/mol. The highest BCUT2D eigenvalue weighted by Crippen LogP contribution is 2.35. The number of carbonyl (C=O) groups is 1. The fourth-order valence-corrected chi connectivity index (χ4v) is 4.34. The van der Waals surface area contributed by atoms with Gasteiger partial charge in [-0.2, -0.15) is 0 Å². The summed E-state index contributed by atoms with van der Waals surface area (Å²) in [5, 5.41) is 2.64. The van der Waals surface area contributed by atoms with E-state index in [1.54, 1.807) is 6.07 Å². The SMILES string of the molecule is Cc1ccc(Cn2c3cc(-c4ccc(Cl)cc4)ccc3c3c(C(N)=O)cccc32)cc1. The summed E-state index contributed by atoms with van der Waals surface area (Å²) in [6.07, 6.45) is 0. The minimum atomic E-state index is -0.415. The molecule has 5 rings (SSSR count). The first-order chi connectivity index (χ1) is 15.0. The number of carbonyl (C=O) groups excluding carboxylic acids is 1. The quantitative estimate of drug-likeness (QED) is 0.348. The lowest BCUT2D eigenvalue weighted by Crippen LogP contribution is -2.11. The summed E-state index contributed by atoms with van der Waals surface area (Å²) in [6, 6.07) is 28.5. The molecule has 0 atom stereocenters. The van der Waals surface area contributed by atoms with Gasteiger partial charge in [-0.3, -0.25) is 4.79 Å². The third-order valence-corrected chi connectivity index (χ3v) is 6.05. The van der Waals surface area contributed by atoms with Gasteiger partial charge >= 0.3 is 0 Å². The van der Waals surface area contributed by atoms with Crippen molar-refractivity contribution in [1.82, 2.24) is 4.57 Å². The molecule has 4 heteroatoms. The van der Waals surface area contributed by atoms with Crippen LogP contribution in [0.4, 0.5) is 0 Å². The molecule has 0 aliphatic heterocycles. The van der Waals surface area contributed by atoms with Gasteiger partial charge in [-0.25, -0.2) is 0 Å². The van der Waals surface area contributed by atoms with E-state index in [-0.39, 0.29) is 0 Å². The highest BCUT2D eigenvalue weighted by molar-refractivity contribution is 6.30. The number of hydrogen-bond acceptors (Lipinski definition) is 1. The zero-order valence-corrected chi connectivity index (χ0v) is 17.9. The second kappa shape index (κ2) is 7.60. The van der Waals surface area contributed by atoms with Gasteiger partial charge in [0, 0.05) is 27.9 Å². The van der Waals surface area contributed by atoms with Crippen LogP contribution < -0.4 is 5.73 Å². The smallest absolute Gasteiger partial charge is 0.249 e. The molecular weight excluding hydrogens is 404 g/mol. The van der Waals surface area contributed by atoms with E-state index in [0.717, 1.165) is 32.9 Å². The van der Waals surface area contributed by atoms with Gasteiger partial charge in [0.25, 0.3) is 0 Å². The van der Waals surface area contributed by atoms with Crippen molar-refractivity contribution >= 4 is 39.3 Å². The molecule has 0 radical (unpaired) electrons. The molecule has 2 N–H and O–H groups in total. The second-order valence-corrected chi connectivity index (χ2v) is 8.31. The van der Waals surface area contributed by atoms with Crippen LogP contribution >= 0.6 is 11.6 Å². The Balaban J connectivity index is 1.78. The number of fused-ring (bicyclic) bond motifs is 3. The Morgan fingerprint density at radius 1 is 0.871 bits per heavy atom. The van der Waals surface area contributed by atoms with Crippen LogP contribution in [0.15, 0.2) is 84.9 Å². The summed E-state index contributed by atoms with van der Waals surface area (Å²) in [4.78, 5) is 12.2. The maximum Gasteiger partial charge on any atom is 0.249 e. The largest absolute Gasteiger partial charge is 0.366 e. The summed E-state index contributed by atoms with van der Waals surface area (Å²) in [5.74, 6) is -0.415. The molecule has 0 spiro atoms. The molecule has 0 unspecified atom stereocenters. The Bertz CT molecular complexity index is 1430. The normalized spacial score (nSPS) is 11.3. The average molecular weight is 425 g/mol. The van der Waals surface area contributed by atoms with Crippen molar-refractivity contribution in [2.24, 2.45) is 5.73 Å². The van der Waals surface area contributed by atoms with Gasteiger partial charge in [0.2, 0.25) is 5.91 Å². The van der Waals surface area contributed by atoms with Gasteiger partial charge in [0.1, 0.15) is 0 Å². The van der Waals surface area contributed by atoms with Crippen LogP contribution in [0, 0.1) is 6.92 Å². The van der Waals surface area contributed by atoms with Crippen LogP contribution in [0.3, 0.4) is 0 Å². The molecule has 31 heavy (non-hydrogen) atoms. The lowest BCUT2D eigenvalue weighted by atomic mass is 10.0. The van der Waals surface area contributed by atoms with E-state index >= 15 is 0 Å². The first kappa shape index (κ1) is 19.4. The Morgan fingerprint density at radius 3 is 2.29 bits per heavy atom. The number of primary amides is 1. The fourth-order valence-electron chi connectivity index (χ4n) is 4.22. The van der Waals surface area contributed by atoms with Crippen LogP contribution in [0.25, 0.3) is 32.9 Å². The average Bonchev–Trinajstić information content (AvgIpc) is 3.09. The standard InChI is InChI=1S/C27H21ClN2O/c1-17-5-7-18(8-6-17)16-30-24-4-2-3-23(27(29)31)26(24)22-14-11-20(15-25(22)30)19-9-12-21(28)13-10-19/h2-15H,16H2,1H3,(H2,29,31). The molecule has 1 heterocycles. The van der Waals surface area contributed by atoms with Crippen LogP contribution in [0.5, 0.6) is 0 Å². The summed E-state index contributed by atoms with van der Waals surface area (Å²) >= 11 is 6.07. The van der Waals surface area contributed by atoms with Crippen molar-refractivity contribution < 1.29 is 4.79 Å². The number of benzene rings is 4. The number of amides is 1. The summed E-state index contributed by atoms with van der Waals surface area (Å²) in [7, 11) is 0. The van der Waals surface area contributed by atoms with Gasteiger partial charge < -0.3 is 10.3 Å². The highest BCUT2D eigenvalue weighted by atomic mass is 35.5. The van der Waals surface area contributed by atoms with Gasteiger partial charge in [-0.15, -0.1) is 0 Å².